The lowest BCUT2D eigenvalue weighted by atomic mass is 10.1. The van der Waals surface area contributed by atoms with Crippen LogP contribution >= 0.6 is 0 Å². The highest BCUT2D eigenvalue weighted by molar-refractivity contribution is 5.28. The quantitative estimate of drug-likeness (QED) is 0.852. The minimum atomic E-state index is -0.404. The maximum Gasteiger partial charge on any atom is 0.119 e. The summed E-state index contributed by atoms with van der Waals surface area (Å²) < 4.78 is 10.7. The van der Waals surface area contributed by atoms with E-state index in [1.165, 1.54) is 0 Å². The summed E-state index contributed by atoms with van der Waals surface area (Å²) in [7, 11) is 0. The zero-order valence-corrected chi connectivity index (χ0v) is 11.5. The number of benzene rings is 1. The van der Waals surface area contributed by atoms with Crippen LogP contribution in [0.15, 0.2) is 24.3 Å². The summed E-state index contributed by atoms with van der Waals surface area (Å²) in [6.45, 7) is 7.09. The largest absolute Gasteiger partial charge is 0.494 e. The number of ether oxygens (including phenoxy) is 2. The van der Waals surface area contributed by atoms with Crippen LogP contribution in [0, 0.1) is 0 Å². The van der Waals surface area contributed by atoms with E-state index in [4.69, 9.17) is 9.47 Å². The van der Waals surface area contributed by atoms with Gasteiger partial charge in [0.25, 0.3) is 0 Å². The van der Waals surface area contributed by atoms with E-state index >= 15 is 0 Å². The van der Waals surface area contributed by atoms with E-state index < -0.39 is 6.10 Å². The summed E-state index contributed by atoms with van der Waals surface area (Å²) >= 11 is 0. The summed E-state index contributed by atoms with van der Waals surface area (Å²) in [5.74, 6) is 0.853. The van der Waals surface area contributed by atoms with E-state index in [1.54, 1.807) is 0 Å². The fourth-order valence-electron chi connectivity index (χ4n) is 2.25. The Kier molecular flexibility index (Phi) is 5.63. The number of aliphatic hydroxyl groups is 1. The predicted molar refractivity (Wildman–Crippen MR) is 74.4 cm³/mol. The normalized spacial score (nSPS) is 18.2. The Bertz CT molecular complexity index is 360. The zero-order valence-electron chi connectivity index (χ0n) is 11.5. The number of aliphatic hydroxyl groups excluding tert-OH is 1. The second-order valence-corrected chi connectivity index (χ2v) is 4.76. The lowest BCUT2D eigenvalue weighted by Crippen LogP contribution is -2.37. The van der Waals surface area contributed by atoms with Gasteiger partial charge in [0.15, 0.2) is 0 Å². The van der Waals surface area contributed by atoms with Crippen LogP contribution in [0.4, 0.5) is 0 Å². The fraction of sp³-hybridized carbons (Fsp3) is 0.600. The highest BCUT2D eigenvalue weighted by Gasteiger charge is 2.13. The second-order valence-electron chi connectivity index (χ2n) is 4.76. The molecule has 0 bridgehead atoms. The standard InChI is InChI=1S/C15H23NO3/c1-2-19-14-5-3-13(4-6-14)15(17)7-8-16-9-11-18-12-10-16/h3-6,15,17H,2,7-12H2,1H3. The molecule has 4 heteroatoms. The lowest BCUT2D eigenvalue weighted by Gasteiger charge is -2.27. The Hall–Kier alpha value is -1.10. The van der Waals surface area contributed by atoms with Gasteiger partial charge >= 0.3 is 0 Å². The molecule has 2 rings (SSSR count). The molecule has 1 unspecified atom stereocenters. The van der Waals surface area contributed by atoms with Gasteiger partial charge < -0.3 is 14.6 Å². The summed E-state index contributed by atoms with van der Waals surface area (Å²) in [6, 6.07) is 7.71. The Morgan fingerprint density at radius 3 is 2.58 bits per heavy atom. The third kappa shape index (κ3) is 4.49. The van der Waals surface area contributed by atoms with Crippen LogP contribution in [0.3, 0.4) is 0 Å². The van der Waals surface area contributed by atoms with Crippen molar-refractivity contribution in [2.45, 2.75) is 19.4 Å². The Labute approximate surface area is 114 Å². The topological polar surface area (TPSA) is 41.9 Å². The second kappa shape index (κ2) is 7.48. The van der Waals surface area contributed by atoms with Crippen molar-refractivity contribution in [1.82, 2.24) is 4.90 Å². The van der Waals surface area contributed by atoms with Crippen LogP contribution in [0.25, 0.3) is 0 Å². The van der Waals surface area contributed by atoms with Crippen molar-refractivity contribution in [3.05, 3.63) is 29.8 Å². The predicted octanol–water partition coefficient (Wildman–Crippen LogP) is 1.84. The van der Waals surface area contributed by atoms with Gasteiger partial charge in [0.05, 0.1) is 25.9 Å². The van der Waals surface area contributed by atoms with Crippen molar-refractivity contribution in [1.29, 1.82) is 0 Å². The highest BCUT2D eigenvalue weighted by Crippen LogP contribution is 2.20. The van der Waals surface area contributed by atoms with E-state index in [1.807, 2.05) is 31.2 Å². The zero-order chi connectivity index (χ0) is 13.5. The number of rotatable bonds is 6. The van der Waals surface area contributed by atoms with Crippen molar-refractivity contribution in [3.8, 4) is 5.75 Å². The van der Waals surface area contributed by atoms with Crippen LogP contribution in [0.2, 0.25) is 0 Å². The maximum absolute atomic E-state index is 10.2. The van der Waals surface area contributed by atoms with Gasteiger partial charge in [0.2, 0.25) is 0 Å². The van der Waals surface area contributed by atoms with Crippen molar-refractivity contribution >= 4 is 0 Å². The lowest BCUT2D eigenvalue weighted by molar-refractivity contribution is 0.0300. The molecular formula is C15H23NO3. The van der Waals surface area contributed by atoms with Gasteiger partial charge in [-0.05, 0) is 31.0 Å². The molecule has 0 saturated carbocycles. The first kappa shape index (κ1) is 14.3. The third-order valence-electron chi connectivity index (χ3n) is 3.40. The van der Waals surface area contributed by atoms with Gasteiger partial charge in [-0.15, -0.1) is 0 Å². The van der Waals surface area contributed by atoms with Gasteiger partial charge in [-0.25, -0.2) is 0 Å². The number of hydrogen-bond acceptors (Lipinski definition) is 4. The maximum atomic E-state index is 10.2. The van der Waals surface area contributed by atoms with Crippen molar-refractivity contribution in [2.75, 3.05) is 39.5 Å². The van der Waals surface area contributed by atoms with Crippen molar-refractivity contribution in [2.24, 2.45) is 0 Å². The smallest absolute Gasteiger partial charge is 0.119 e. The van der Waals surface area contributed by atoms with Crippen LogP contribution < -0.4 is 4.74 Å². The molecule has 1 heterocycles. The Morgan fingerprint density at radius 2 is 1.95 bits per heavy atom. The van der Waals surface area contributed by atoms with E-state index in [2.05, 4.69) is 4.90 Å². The van der Waals surface area contributed by atoms with E-state index in [9.17, 15) is 5.11 Å². The number of hydrogen-bond donors (Lipinski definition) is 1. The molecular weight excluding hydrogens is 242 g/mol. The van der Waals surface area contributed by atoms with Crippen LogP contribution in [-0.4, -0.2) is 49.5 Å². The first-order valence-electron chi connectivity index (χ1n) is 7.00. The molecule has 1 aliphatic rings. The highest BCUT2D eigenvalue weighted by atomic mass is 16.5. The SMILES string of the molecule is CCOc1ccc(C(O)CCN2CCOCC2)cc1. The molecule has 1 aromatic rings. The molecule has 1 saturated heterocycles. The number of morpholine rings is 1. The first-order valence-corrected chi connectivity index (χ1v) is 7.00. The summed E-state index contributed by atoms with van der Waals surface area (Å²) in [5.41, 5.74) is 0.955. The molecule has 1 N–H and O–H groups in total. The van der Waals surface area contributed by atoms with Gasteiger partial charge in [-0.1, -0.05) is 12.1 Å². The average molecular weight is 265 g/mol. The van der Waals surface area contributed by atoms with Gasteiger partial charge in [0.1, 0.15) is 5.75 Å². The third-order valence-corrected chi connectivity index (χ3v) is 3.40. The average Bonchev–Trinajstić information content (AvgIpc) is 2.47. The molecule has 1 aromatic carbocycles. The molecule has 106 valence electrons. The molecule has 4 nitrogen and oxygen atoms in total. The molecule has 1 atom stereocenters. The molecule has 0 aliphatic carbocycles. The molecule has 1 aliphatic heterocycles. The van der Waals surface area contributed by atoms with Gasteiger partial charge in [0, 0.05) is 19.6 Å². The van der Waals surface area contributed by atoms with Gasteiger partial charge in [-0.3, -0.25) is 4.90 Å². The molecule has 0 amide bonds. The Balaban J connectivity index is 1.79. The monoisotopic (exact) mass is 265 g/mol. The van der Waals surface area contributed by atoms with Crippen LogP contribution in [0.5, 0.6) is 5.75 Å². The molecule has 0 spiro atoms. The minimum Gasteiger partial charge on any atom is -0.494 e. The van der Waals surface area contributed by atoms with E-state index in [0.29, 0.717) is 6.61 Å². The number of nitrogens with zero attached hydrogens (tertiary/aromatic N) is 1. The molecule has 1 fully saturated rings. The minimum absolute atomic E-state index is 0.404. The fourth-order valence-corrected chi connectivity index (χ4v) is 2.25. The van der Waals surface area contributed by atoms with Crippen LogP contribution in [0.1, 0.15) is 25.0 Å². The molecule has 0 aromatic heterocycles. The van der Waals surface area contributed by atoms with E-state index in [-0.39, 0.29) is 0 Å². The van der Waals surface area contributed by atoms with Gasteiger partial charge in [-0.2, -0.15) is 0 Å². The molecule has 0 radical (unpaired) electrons. The summed E-state index contributed by atoms with van der Waals surface area (Å²) in [6.07, 6.45) is 0.354. The van der Waals surface area contributed by atoms with Crippen molar-refractivity contribution < 1.29 is 14.6 Å². The Morgan fingerprint density at radius 1 is 1.26 bits per heavy atom. The summed E-state index contributed by atoms with van der Waals surface area (Å²) in [4.78, 5) is 2.33. The summed E-state index contributed by atoms with van der Waals surface area (Å²) in [5, 5.41) is 10.2. The van der Waals surface area contributed by atoms with Crippen molar-refractivity contribution in [3.63, 3.8) is 0 Å². The molecule has 19 heavy (non-hydrogen) atoms. The van der Waals surface area contributed by atoms with E-state index in [0.717, 1.165) is 50.6 Å². The van der Waals surface area contributed by atoms with Crippen LogP contribution in [-0.2, 0) is 4.74 Å². The first-order chi connectivity index (χ1) is 9.29.